The van der Waals surface area contributed by atoms with Gasteiger partial charge in [0.05, 0.1) is 12.0 Å². The van der Waals surface area contributed by atoms with Crippen LogP contribution in [0.3, 0.4) is 0 Å². The number of rotatable bonds is 1. The van der Waals surface area contributed by atoms with Gasteiger partial charge in [-0.1, -0.05) is 12.2 Å². The predicted molar refractivity (Wildman–Crippen MR) is 63.0 cm³/mol. The number of alkyl carbamates (subject to hydrolysis) is 1. The van der Waals surface area contributed by atoms with Crippen LogP contribution in [0.2, 0.25) is 0 Å². The Hall–Kier alpha value is -1.50. The Morgan fingerprint density at radius 2 is 2.18 bits per heavy atom. The zero-order valence-electron chi connectivity index (χ0n) is 10.4. The predicted octanol–water partition coefficient (Wildman–Crippen LogP) is 2.23. The number of ether oxygens (including phenoxy) is 1. The first-order valence-electron chi connectivity index (χ1n) is 5.98. The fraction of sp³-hybridized carbons (Fsp3) is 0.692. The Kier molecular flexibility index (Phi) is 2.86. The van der Waals surface area contributed by atoms with E-state index in [0.717, 1.165) is 6.42 Å². The van der Waals surface area contributed by atoms with Gasteiger partial charge in [-0.25, -0.2) is 4.79 Å². The number of amides is 1. The van der Waals surface area contributed by atoms with Crippen LogP contribution < -0.4 is 5.32 Å². The monoisotopic (exact) mass is 234 g/mol. The van der Waals surface area contributed by atoms with Crippen molar-refractivity contribution in [1.29, 1.82) is 5.26 Å². The number of nitrogens with one attached hydrogen (secondary N) is 1. The second kappa shape index (κ2) is 4.06. The summed E-state index contributed by atoms with van der Waals surface area (Å²) in [5.41, 5.74) is -0.482. The summed E-state index contributed by atoms with van der Waals surface area (Å²) < 4.78 is 5.23. The molecule has 1 N–H and O–H groups in total. The number of carbonyl (C=O) groups is 1. The molecule has 0 aromatic rings. The second-order valence-corrected chi connectivity index (χ2v) is 5.77. The fourth-order valence-corrected chi connectivity index (χ4v) is 2.64. The SMILES string of the molecule is CC(C)(C)OC(=O)N[C@H]1[C@H]2C=C[C@@H]1C[C@H]2C#N. The quantitative estimate of drug-likeness (QED) is 0.708. The molecule has 4 nitrogen and oxygen atoms in total. The van der Waals surface area contributed by atoms with Gasteiger partial charge in [0.1, 0.15) is 5.60 Å². The summed E-state index contributed by atoms with van der Waals surface area (Å²) in [5, 5.41) is 11.9. The minimum atomic E-state index is -0.482. The molecule has 2 aliphatic carbocycles. The largest absolute Gasteiger partial charge is 0.444 e. The third-order valence-corrected chi connectivity index (χ3v) is 3.30. The van der Waals surface area contributed by atoms with Crippen LogP contribution in [0.4, 0.5) is 4.79 Å². The summed E-state index contributed by atoms with van der Waals surface area (Å²) in [6.45, 7) is 5.52. The van der Waals surface area contributed by atoms with Crippen LogP contribution in [0.25, 0.3) is 0 Å². The van der Waals surface area contributed by atoms with E-state index in [1.54, 1.807) is 0 Å². The fourth-order valence-electron chi connectivity index (χ4n) is 2.64. The lowest BCUT2D eigenvalue weighted by atomic mass is 9.95. The van der Waals surface area contributed by atoms with Gasteiger partial charge in [0.25, 0.3) is 0 Å². The van der Waals surface area contributed by atoms with Gasteiger partial charge in [-0.3, -0.25) is 0 Å². The molecule has 0 saturated heterocycles. The Bertz CT molecular complexity index is 389. The standard InChI is InChI=1S/C13H18N2O2/c1-13(2,3)17-12(16)15-11-8-4-5-10(11)9(6-8)7-14/h4-5,8-11H,6H2,1-3H3,(H,15,16)/t8-,9+,10+,11-/m1/s1. The average molecular weight is 234 g/mol. The molecule has 2 aliphatic rings. The summed E-state index contributed by atoms with van der Waals surface area (Å²) in [7, 11) is 0. The van der Waals surface area contributed by atoms with E-state index in [-0.39, 0.29) is 29.9 Å². The van der Waals surface area contributed by atoms with E-state index in [1.165, 1.54) is 0 Å². The van der Waals surface area contributed by atoms with Crippen LogP contribution >= 0.6 is 0 Å². The van der Waals surface area contributed by atoms with Crippen molar-refractivity contribution in [2.24, 2.45) is 17.8 Å². The van der Waals surface area contributed by atoms with E-state index >= 15 is 0 Å². The molecule has 2 bridgehead atoms. The number of carbonyl (C=O) groups excluding carboxylic acids is 1. The molecule has 0 aromatic heterocycles. The first kappa shape index (κ1) is 12.0. The molecule has 1 saturated carbocycles. The van der Waals surface area contributed by atoms with Gasteiger partial charge >= 0.3 is 6.09 Å². The number of nitriles is 1. The van der Waals surface area contributed by atoms with Crippen molar-refractivity contribution >= 4 is 6.09 Å². The Balaban J connectivity index is 1.94. The summed E-state index contributed by atoms with van der Waals surface area (Å²) in [4.78, 5) is 11.7. The maximum atomic E-state index is 11.7. The molecule has 0 spiro atoms. The molecule has 0 heterocycles. The van der Waals surface area contributed by atoms with Gasteiger partial charge in [0.15, 0.2) is 0 Å². The van der Waals surface area contributed by atoms with E-state index in [4.69, 9.17) is 10.00 Å². The van der Waals surface area contributed by atoms with Crippen LogP contribution in [-0.2, 0) is 4.74 Å². The molecule has 92 valence electrons. The topological polar surface area (TPSA) is 62.1 Å². The van der Waals surface area contributed by atoms with Crippen molar-refractivity contribution in [2.75, 3.05) is 0 Å². The van der Waals surface area contributed by atoms with E-state index in [0.29, 0.717) is 0 Å². The Morgan fingerprint density at radius 3 is 2.71 bits per heavy atom. The summed E-state index contributed by atoms with van der Waals surface area (Å²) in [6.07, 6.45) is 4.60. The average Bonchev–Trinajstić information content (AvgIpc) is 2.72. The molecule has 0 aliphatic heterocycles. The van der Waals surface area contributed by atoms with Crippen LogP contribution in [-0.4, -0.2) is 17.7 Å². The van der Waals surface area contributed by atoms with E-state index < -0.39 is 5.60 Å². The highest BCUT2D eigenvalue weighted by molar-refractivity contribution is 5.68. The van der Waals surface area contributed by atoms with Crippen molar-refractivity contribution < 1.29 is 9.53 Å². The van der Waals surface area contributed by atoms with Crippen LogP contribution in [0.5, 0.6) is 0 Å². The van der Waals surface area contributed by atoms with E-state index in [2.05, 4.69) is 17.5 Å². The molecular weight excluding hydrogens is 216 g/mol. The lowest BCUT2D eigenvalue weighted by Gasteiger charge is -2.23. The molecule has 0 unspecified atom stereocenters. The maximum Gasteiger partial charge on any atom is 0.407 e. The second-order valence-electron chi connectivity index (χ2n) is 5.77. The highest BCUT2D eigenvalue weighted by Gasteiger charge is 2.45. The molecule has 0 radical (unpaired) electrons. The van der Waals surface area contributed by atoms with Gasteiger partial charge in [0, 0.05) is 12.0 Å². The van der Waals surface area contributed by atoms with Gasteiger partial charge in [-0.05, 0) is 33.1 Å². The summed E-state index contributed by atoms with van der Waals surface area (Å²) in [5.74, 6) is 0.472. The Labute approximate surface area is 102 Å². The number of nitrogens with zero attached hydrogens (tertiary/aromatic N) is 1. The zero-order valence-corrected chi connectivity index (χ0v) is 10.4. The molecule has 17 heavy (non-hydrogen) atoms. The zero-order chi connectivity index (χ0) is 12.6. The molecule has 1 fully saturated rings. The first-order valence-corrected chi connectivity index (χ1v) is 5.98. The lowest BCUT2D eigenvalue weighted by molar-refractivity contribution is 0.0492. The van der Waals surface area contributed by atoms with Gasteiger partial charge < -0.3 is 10.1 Å². The van der Waals surface area contributed by atoms with Gasteiger partial charge in [0.2, 0.25) is 0 Å². The van der Waals surface area contributed by atoms with Crippen molar-refractivity contribution in [3.8, 4) is 6.07 Å². The van der Waals surface area contributed by atoms with Crippen LogP contribution in [0.15, 0.2) is 12.2 Å². The summed E-state index contributed by atoms with van der Waals surface area (Å²) >= 11 is 0. The lowest BCUT2D eigenvalue weighted by Crippen LogP contribution is -2.42. The minimum Gasteiger partial charge on any atom is -0.444 e. The number of fused-ring (bicyclic) bond motifs is 2. The molecule has 1 amide bonds. The number of hydrogen-bond acceptors (Lipinski definition) is 3. The van der Waals surface area contributed by atoms with E-state index in [9.17, 15) is 4.79 Å². The highest BCUT2D eigenvalue weighted by atomic mass is 16.6. The van der Waals surface area contributed by atoms with Gasteiger partial charge in [-0.2, -0.15) is 5.26 Å². The number of hydrogen-bond donors (Lipinski definition) is 1. The maximum absolute atomic E-state index is 11.7. The third kappa shape index (κ3) is 2.44. The molecule has 4 heteroatoms. The van der Waals surface area contributed by atoms with Crippen molar-refractivity contribution in [3.05, 3.63) is 12.2 Å². The molecule has 4 atom stereocenters. The molecule has 0 aromatic carbocycles. The minimum absolute atomic E-state index is 0.0323. The Morgan fingerprint density at radius 1 is 1.47 bits per heavy atom. The normalized spacial score (nSPS) is 34.5. The van der Waals surface area contributed by atoms with Crippen LogP contribution in [0, 0.1) is 29.1 Å². The smallest absolute Gasteiger partial charge is 0.407 e. The third-order valence-electron chi connectivity index (χ3n) is 3.30. The van der Waals surface area contributed by atoms with Gasteiger partial charge in [-0.15, -0.1) is 0 Å². The van der Waals surface area contributed by atoms with Crippen molar-refractivity contribution in [2.45, 2.75) is 38.8 Å². The van der Waals surface area contributed by atoms with Crippen molar-refractivity contribution in [3.63, 3.8) is 0 Å². The van der Waals surface area contributed by atoms with Crippen LogP contribution in [0.1, 0.15) is 27.2 Å². The molecule has 2 rings (SSSR count). The first-order chi connectivity index (χ1) is 7.90. The van der Waals surface area contributed by atoms with E-state index in [1.807, 2.05) is 26.8 Å². The highest BCUT2D eigenvalue weighted by Crippen LogP contribution is 2.43. The summed E-state index contributed by atoms with van der Waals surface area (Å²) in [6, 6.07) is 2.34. The van der Waals surface area contributed by atoms with Crippen molar-refractivity contribution in [1.82, 2.24) is 5.32 Å². The molecular formula is C13H18N2O2.